The van der Waals surface area contributed by atoms with Gasteiger partial charge in [-0.05, 0) is 12.5 Å². The highest BCUT2D eigenvalue weighted by molar-refractivity contribution is 5.47. The molecule has 0 bridgehead atoms. The Balaban J connectivity index is 2.06. The van der Waals surface area contributed by atoms with E-state index in [1.165, 1.54) is 0 Å². The molecule has 92 valence electrons. The van der Waals surface area contributed by atoms with Crippen LogP contribution in [0, 0.1) is 18.3 Å². The topological polar surface area (TPSA) is 79.8 Å². The van der Waals surface area contributed by atoms with Gasteiger partial charge in [0.2, 0.25) is 0 Å². The fourth-order valence-corrected chi connectivity index (χ4v) is 1.87. The normalized spacial score (nSPS) is 10.5. The van der Waals surface area contributed by atoms with Gasteiger partial charge in [0.15, 0.2) is 11.3 Å². The minimum Gasteiger partial charge on any atom is -0.303 e. The first-order valence-electron chi connectivity index (χ1n) is 5.76. The van der Waals surface area contributed by atoms with Crippen LogP contribution in [-0.2, 0) is 6.42 Å². The van der Waals surface area contributed by atoms with Crippen molar-refractivity contribution in [1.29, 1.82) is 5.26 Å². The first-order chi connectivity index (χ1) is 9.26. The molecule has 0 radical (unpaired) electrons. The van der Waals surface area contributed by atoms with Crippen LogP contribution in [0.5, 0.6) is 0 Å². The number of nitriles is 1. The predicted molar refractivity (Wildman–Crippen MR) is 67.3 cm³/mol. The van der Waals surface area contributed by atoms with Crippen molar-refractivity contribution >= 4 is 5.65 Å². The Morgan fingerprint density at radius 3 is 2.79 bits per heavy atom. The molecular formula is C13H10N6. The Kier molecular flexibility index (Phi) is 2.65. The minimum absolute atomic E-state index is 0.369. The Morgan fingerprint density at radius 2 is 2.05 bits per heavy atom. The second-order valence-electron chi connectivity index (χ2n) is 4.16. The summed E-state index contributed by atoms with van der Waals surface area (Å²) in [5.41, 5.74) is 2.81. The van der Waals surface area contributed by atoms with E-state index in [2.05, 4.69) is 26.0 Å². The van der Waals surface area contributed by atoms with Crippen LogP contribution in [0.2, 0.25) is 0 Å². The average Bonchev–Trinajstić information content (AvgIpc) is 2.89. The van der Waals surface area contributed by atoms with E-state index in [-0.39, 0.29) is 0 Å². The van der Waals surface area contributed by atoms with Crippen molar-refractivity contribution in [1.82, 2.24) is 24.3 Å². The highest BCUT2D eigenvalue weighted by atomic mass is 15.0. The Labute approximate surface area is 109 Å². The first-order valence-corrected chi connectivity index (χ1v) is 5.76. The van der Waals surface area contributed by atoms with E-state index in [1.807, 2.05) is 6.92 Å². The van der Waals surface area contributed by atoms with Crippen molar-refractivity contribution in [3.05, 3.63) is 53.8 Å². The fourth-order valence-electron chi connectivity index (χ4n) is 1.87. The number of aryl methyl sites for hydroxylation is 1. The number of hydrogen-bond donors (Lipinski definition) is 0. The van der Waals surface area contributed by atoms with E-state index in [0.29, 0.717) is 12.1 Å². The summed E-state index contributed by atoms with van der Waals surface area (Å²) < 4.78 is 1.80. The molecule has 0 aliphatic rings. The van der Waals surface area contributed by atoms with E-state index >= 15 is 0 Å². The molecule has 0 aromatic carbocycles. The van der Waals surface area contributed by atoms with Crippen molar-refractivity contribution in [2.24, 2.45) is 0 Å². The molecular weight excluding hydrogens is 240 g/mol. The van der Waals surface area contributed by atoms with E-state index in [1.54, 1.807) is 35.4 Å². The Bertz CT molecular complexity index is 766. The summed E-state index contributed by atoms with van der Waals surface area (Å²) in [6, 6.07) is 2.05. The lowest BCUT2D eigenvalue weighted by Gasteiger charge is -2.04. The molecule has 0 saturated heterocycles. The van der Waals surface area contributed by atoms with Crippen LogP contribution in [0.3, 0.4) is 0 Å². The van der Waals surface area contributed by atoms with Gasteiger partial charge in [-0.2, -0.15) is 5.26 Å². The van der Waals surface area contributed by atoms with Crippen LogP contribution in [0.15, 0.2) is 31.0 Å². The third kappa shape index (κ3) is 2.13. The van der Waals surface area contributed by atoms with Gasteiger partial charge in [-0.1, -0.05) is 0 Å². The lowest BCUT2D eigenvalue weighted by atomic mass is 10.2. The monoisotopic (exact) mass is 250 g/mol. The molecule has 0 aliphatic carbocycles. The number of fused-ring (bicyclic) bond motifs is 1. The number of rotatable bonds is 2. The van der Waals surface area contributed by atoms with Crippen LogP contribution >= 0.6 is 0 Å². The number of imidazole rings is 1. The maximum absolute atomic E-state index is 8.99. The smallest absolute Gasteiger partial charge is 0.158 e. The maximum Gasteiger partial charge on any atom is 0.158 e. The third-order valence-corrected chi connectivity index (χ3v) is 2.76. The first kappa shape index (κ1) is 11.3. The molecule has 0 amide bonds. The molecule has 3 aromatic heterocycles. The van der Waals surface area contributed by atoms with Crippen molar-refractivity contribution in [3.8, 4) is 6.07 Å². The van der Waals surface area contributed by atoms with Gasteiger partial charge in [0, 0.05) is 37.4 Å². The van der Waals surface area contributed by atoms with Gasteiger partial charge in [-0.3, -0.25) is 0 Å². The van der Waals surface area contributed by atoms with Gasteiger partial charge < -0.3 is 4.40 Å². The summed E-state index contributed by atoms with van der Waals surface area (Å²) >= 11 is 0. The van der Waals surface area contributed by atoms with Crippen LogP contribution < -0.4 is 0 Å². The summed E-state index contributed by atoms with van der Waals surface area (Å²) in [6.07, 6.45) is 9.24. The van der Waals surface area contributed by atoms with E-state index in [4.69, 9.17) is 5.26 Å². The van der Waals surface area contributed by atoms with Crippen LogP contribution in [0.1, 0.15) is 22.8 Å². The van der Waals surface area contributed by atoms with Gasteiger partial charge >= 0.3 is 0 Å². The molecule has 3 rings (SSSR count). The molecule has 19 heavy (non-hydrogen) atoms. The van der Waals surface area contributed by atoms with Gasteiger partial charge in [0.1, 0.15) is 11.9 Å². The van der Waals surface area contributed by atoms with Gasteiger partial charge in [-0.15, -0.1) is 0 Å². The van der Waals surface area contributed by atoms with E-state index in [0.717, 1.165) is 22.7 Å². The fraction of sp³-hybridized carbons (Fsp3) is 0.154. The highest BCUT2D eigenvalue weighted by Gasteiger charge is 2.08. The Hall–Kier alpha value is -2.81. The zero-order chi connectivity index (χ0) is 13.2. The predicted octanol–water partition coefficient (Wildman–Crippen LogP) is 1.29. The Morgan fingerprint density at radius 1 is 1.26 bits per heavy atom. The maximum atomic E-state index is 8.99. The molecule has 0 atom stereocenters. The van der Waals surface area contributed by atoms with Crippen molar-refractivity contribution < 1.29 is 0 Å². The molecule has 3 heterocycles. The lowest BCUT2D eigenvalue weighted by molar-refractivity contribution is 0.962. The molecule has 0 spiro atoms. The minimum atomic E-state index is 0.369. The molecule has 0 aliphatic heterocycles. The number of hydrogen-bond acceptors (Lipinski definition) is 5. The summed E-state index contributed by atoms with van der Waals surface area (Å²) in [5.74, 6) is 0.730. The molecule has 6 heteroatoms. The van der Waals surface area contributed by atoms with Gasteiger partial charge in [-0.25, -0.2) is 19.9 Å². The average molecular weight is 250 g/mol. The largest absolute Gasteiger partial charge is 0.303 e. The zero-order valence-corrected chi connectivity index (χ0v) is 10.3. The second-order valence-corrected chi connectivity index (χ2v) is 4.16. The number of nitrogens with zero attached hydrogens (tertiary/aromatic N) is 6. The quantitative estimate of drug-likeness (QED) is 0.684. The van der Waals surface area contributed by atoms with Crippen LogP contribution in [-0.4, -0.2) is 24.3 Å². The molecule has 3 aromatic rings. The van der Waals surface area contributed by atoms with Crippen LogP contribution in [0.4, 0.5) is 0 Å². The highest BCUT2D eigenvalue weighted by Crippen LogP contribution is 2.12. The number of aromatic nitrogens is 5. The van der Waals surface area contributed by atoms with E-state index in [9.17, 15) is 0 Å². The van der Waals surface area contributed by atoms with Crippen LogP contribution in [0.25, 0.3) is 5.65 Å². The molecule has 0 unspecified atom stereocenters. The molecule has 6 nitrogen and oxygen atoms in total. The second kappa shape index (κ2) is 4.46. The van der Waals surface area contributed by atoms with Crippen molar-refractivity contribution in [3.63, 3.8) is 0 Å². The molecule has 0 fully saturated rings. The lowest BCUT2D eigenvalue weighted by Crippen LogP contribution is -2.02. The third-order valence-electron chi connectivity index (χ3n) is 2.76. The van der Waals surface area contributed by atoms with Crippen molar-refractivity contribution in [2.45, 2.75) is 13.3 Å². The van der Waals surface area contributed by atoms with Gasteiger partial charge in [0.25, 0.3) is 0 Å². The summed E-state index contributed by atoms with van der Waals surface area (Å²) in [7, 11) is 0. The SMILES string of the molecule is Cc1ncc(Cc2nc(C#N)cn3ccnc23)cn1. The zero-order valence-electron chi connectivity index (χ0n) is 10.3. The van der Waals surface area contributed by atoms with Crippen molar-refractivity contribution in [2.75, 3.05) is 0 Å². The standard InChI is InChI=1S/C13H10N6/c1-9-16-6-10(7-17-9)4-12-13-15-2-3-19(13)8-11(5-14)18-12/h2-3,6-8H,4H2,1H3. The summed E-state index contributed by atoms with van der Waals surface area (Å²) in [4.78, 5) is 16.9. The van der Waals surface area contributed by atoms with Gasteiger partial charge in [0.05, 0.1) is 5.69 Å². The summed E-state index contributed by atoms with van der Waals surface area (Å²) in [6.45, 7) is 1.84. The van der Waals surface area contributed by atoms with E-state index < -0.39 is 0 Å². The molecule has 0 saturated carbocycles. The summed E-state index contributed by atoms with van der Waals surface area (Å²) in [5, 5.41) is 8.99. The molecule has 0 N–H and O–H groups in total.